The molecule has 3 rings (SSSR count). The normalized spacial score (nSPS) is 15.5. The quantitative estimate of drug-likeness (QED) is 0.871. The van der Waals surface area contributed by atoms with Crippen LogP contribution in [0.3, 0.4) is 0 Å². The van der Waals surface area contributed by atoms with Gasteiger partial charge >= 0.3 is 6.09 Å². The predicted octanol–water partition coefficient (Wildman–Crippen LogP) is 3.44. The Balaban J connectivity index is 1.69. The van der Waals surface area contributed by atoms with Crippen LogP contribution in [0, 0.1) is 0 Å². The van der Waals surface area contributed by atoms with E-state index in [9.17, 15) is 4.79 Å². The largest absolute Gasteiger partial charge is 0.492 e. The SMILES string of the molecule is CC(C)(C)NC(=O)Oc1ccc(OCCN2CCOCC2)c2ccccc12. The number of nitrogens with one attached hydrogen (secondary N) is 1. The predicted molar refractivity (Wildman–Crippen MR) is 106 cm³/mol. The van der Waals surface area contributed by atoms with Crippen molar-refractivity contribution in [1.29, 1.82) is 0 Å². The maximum Gasteiger partial charge on any atom is 0.413 e. The minimum atomic E-state index is -0.464. The molecule has 1 aliphatic heterocycles. The molecule has 0 bridgehead atoms. The van der Waals surface area contributed by atoms with Gasteiger partial charge in [-0.05, 0) is 32.9 Å². The van der Waals surface area contributed by atoms with Gasteiger partial charge in [0.15, 0.2) is 0 Å². The van der Waals surface area contributed by atoms with Crippen LogP contribution in [0.2, 0.25) is 0 Å². The van der Waals surface area contributed by atoms with Crippen molar-refractivity contribution in [3.8, 4) is 11.5 Å². The molecule has 0 radical (unpaired) electrons. The molecule has 1 fully saturated rings. The monoisotopic (exact) mass is 372 g/mol. The molecule has 27 heavy (non-hydrogen) atoms. The van der Waals surface area contributed by atoms with Crippen LogP contribution in [0.1, 0.15) is 20.8 Å². The third kappa shape index (κ3) is 5.58. The zero-order valence-corrected chi connectivity index (χ0v) is 16.3. The standard InChI is InChI=1S/C21H28N2O4/c1-21(2,3)22-20(24)27-19-9-8-18(16-6-4-5-7-17(16)19)26-15-12-23-10-13-25-14-11-23/h4-9H,10-15H2,1-3H3,(H,22,24). The summed E-state index contributed by atoms with van der Waals surface area (Å²) < 4.78 is 16.9. The summed E-state index contributed by atoms with van der Waals surface area (Å²) in [7, 11) is 0. The highest BCUT2D eigenvalue weighted by molar-refractivity contribution is 5.94. The summed E-state index contributed by atoms with van der Waals surface area (Å²) in [5.74, 6) is 1.32. The highest BCUT2D eigenvalue weighted by atomic mass is 16.6. The third-order valence-corrected chi connectivity index (χ3v) is 4.29. The number of carbonyl (C=O) groups is 1. The number of rotatable bonds is 5. The number of ether oxygens (including phenoxy) is 3. The van der Waals surface area contributed by atoms with Gasteiger partial charge in [0.2, 0.25) is 0 Å². The first-order valence-corrected chi connectivity index (χ1v) is 9.37. The summed E-state index contributed by atoms with van der Waals surface area (Å²) in [5, 5.41) is 4.59. The summed E-state index contributed by atoms with van der Waals surface area (Å²) in [6.45, 7) is 10.7. The van der Waals surface area contributed by atoms with E-state index in [0.29, 0.717) is 12.4 Å². The maximum absolute atomic E-state index is 12.1. The summed E-state index contributed by atoms with van der Waals surface area (Å²) in [5.41, 5.74) is -0.352. The molecule has 1 amide bonds. The van der Waals surface area contributed by atoms with E-state index in [2.05, 4.69) is 10.2 Å². The van der Waals surface area contributed by atoms with E-state index in [0.717, 1.165) is 49.4 Å². The molecule has 1 aliphatic rings. The zero-order valence-electron chi connectivity index (χ0n) is 16.3. The van der Waals surface area contributed by atoms with Gasteiger partial charge in [-0.15, -0.1) is 0 Å². The number of hydrogen-bond acceptors (Lipinski definition) is 5. The van der Waals surface area contributed by atoms with Crippen molar-refractivity contribution >= 4 is 16.9 Å². The fourth-order valence-corrected chi connectivity index (χ4v) is 3.00. The molecule has 0 saturated carbocycles. The molecule has 0 atom stereocenters. The average Bonchev–Trinajstić information content (AvgIpc) is 2.63. The molecule has 0 aromatic heterocycles. The number of carbonyl (C=O) groups excluding carboxylic acids is 1. The Hall–Kier alpha value is -2.31. The molecule has 0 spiro atoms. The van der Waals surface area contributed by atoms with Crippen molar-refractivity contribution in [1.82, 2.24) is 10.2 Å². The first-order chi connectivity index (χ1) is 12.9. The number of benzene rings is 2. The van der Waals surface area contributed by atoms with Crippen LogP contribution in [0.15, 0.2) is 36.4 Å². The van der Waals surface area contributed by atoms with Gasteiger partial charge in [-0.2, -0.15) is 0 Å². The van der Waals surface area contributed by atoms with Gasteiger partial charge in [0.05, 0.1) is 13.2 Å². The lowest BCUT2D eigenvalue weighted by molar-refractivity contribution is 0.0323. The highest BCUT2D eigenvalue weighted by Crippen LogP contribution is 2.33. The van der Waals surface area contributed by atoms with Gasteiger partial charge in [0, 0.05) is 35.9 Å². The molecule has 146 valence electrons. The number of nitrogens with zero attached hydrogens (tertiary/aromatic N) is 1. The Kier molecular flexibility index (Phi) is 6.19. The second-order valence-electron chi connectivity index (χ2n) is 7.67. The average molecular weight is 372 g/mol. The van der Waals surface area contributed by atoms with Crippen LogP contribution in [0.25, 0.3) is 10.8 Å². The minimum Gasteiger partial charge on any atom is -0.492 e. The molecule has 6 heteroatoms. The summed E-state index contributed by atoms with van der Waals surface area (Å²) in [6.07, 6.45) is -0.464. The fourth-order valence-electron chi connectivity index (χ4n) is 3.00. The van der Waals surface area contributed by atoms with Crippen LogP contribution in [-0.4, -0.2) is 56.0 Å². The van der Waals surface area contributed by atoms with Crippen molar-refractivity contribution < 1.29 is 19.0 Å². The first-order valence-electron chi connectivity index (χ1n) is 9.37. The molecule has 1 N–H and O–H groups in total. The first kappa shape index (κ1) is 19.5. The van der Waals surface area contributed by atoms with Crippen molar-refractivity contribution in [2.45, 2.75) is 26.3 Å². The van der Waals surface area contributed by atoms with E-state index in [1.807, 2.05) is 51.1 Å². The van der Waals surface area contributed by atoms with Gasteiger partial charge in [0.1, 0.15) is 18.1 Å². The van der Waals surface area contributed by atoms with Crippen LogP contribution in [0.4, 0.5) is 4.79 Å². The third-order valence-electron chi connectivity index (χ3n) is 4.29. The fraction of sp³-hybridized carbons (Fsp3) is 0.476. The topological polar surface area (TPSA) is 60.0 Å². The van der Waals surface area contributed by atoms with Crippen LogP contribution >= 0.6 is 0 Å². The lowest BCUT2D eigenvalue weighted by atomic mass is 10.1. The summed E-state index contributed by atoms with van der Waals surface area (Å²) in [6, 6.07) is 11.4. The molecule has 1 heterocycles. The Morgan fingerprint density at radius 2 is 1.70 bits per heavy atom. The summed E-state index contributed by atoms with van der Waals surface area (Å²) in [4.78, 5) is 14.5. The second-order valence-corrected chi connectivity index (χ2v) is 7.67. The number of amides is 1. The summed E-state index contributed by atoms with van der Waals surface area (Å²) >= 11 is 0. The van der Waals surface area contributed by atoms with Crippen LogP contribution < -0.4 is 14.8 Å². The van der Waals surface area contributed by atoms with Crippen molar-refractivity contribution in [2.24, 2.45) is 0 Å². The smallest absolute Gasteiger partial charge is 0.413 e. The lowest BCUT2D eigenvalue weighted by Gasteiger charge is -2.26. The van der Waals surface area contributed by atoms with E-state index in [-0.39, 0.29) is 5.54 Å². The zero-order chi connectivity index (χ0) is 19.3. The van der Waals surface area contributed by atoms with E-state index in [1.54, 1.807) is 6.07 Å². The Labute approximate surface area is 160 Å². The molecule has 1 saturated heterocycles. The maximum atomic E-state index is 12.1. The van der Waals surface area contributed by atoms with Crippen molar-refractivity contribution in [3.05, 3.63) is 36.4 Å². The van der Waals surface area contributed by atoms with Gasteiger partial charge < -0.3 is 19.5 Å². The highest BCUT2D eigenvalue weighted by Gasteiger charge is 2.17. The minimum absolute atomic E-state index is 0.352. The Bertz CT molecular complexity index is 779. The van der Waals surface area contributed by atoms with Gasteiger partial charge in [-0.25, -0.2) is 4.79 Å². The van der Waals surface area contributed by atoms with Crippen molar-refractivity contribution in [2.75, 3.05) is 39.5 Å². The van der Waals surface area contributed by atoms with E-state index >= 15 is 0 Å². The van der Waals surface area contributed by atoms with E-state index in [4.69, 9.17) is 14.2 Å². The van der Waals surface area contributed by atoms with Gasteiger partial charge in [-0.3, -0.25) is 4.90 Å². The van der Waals surface area contributed by atoms with Crippen molar-refractivity contribution in [3.63, 3.8) is 0 Å². The lowest BCUT2D eigenvalue weighted by Crippen LogP contribution is -2.42. The van der Waals surface area contributed by atoms with E-state index in [1.165, 1.54) is 0 Å². The molecule has 0 aliphatic carbocycles. The van der Waals surface area contributed by atoms with E-state index < -0.39 is 6.09 Å². The number of morpholine rings is 1. The molecular formula is C21H28N2O4. The Morgan fingerprint density at radius 3 is 2.37 bits per heavy atom. The second kappa shape index (κ2) is 8.59. The van der Waals surface area contributed by atoms with Gasteiger partial charge in [0.25, 0.3) is 0 Å². The van der Waals surface area contributed by atoms with Crippen LogP contribution in [0.5, 0.6) is 11.5 Å². The number of hydrogen-bond donors (Lipinski definition) is 1. The molecule has 2 aromatic carbocycles. The Morgan fingerprint density at radius 1 is 1.07 bits per heavy atom. The number of fused-ring (bicyclic) bond motifs is 1. The van der Waals surface area contributed by atoms with Crippen LogP contribution in [-0.2, 0) is 4.74 Å². The molecule has 0 unspecified atom stereocenters. The molecular weight excluding hydrogens is 344 g/mol. The molecule has 2 aromatic rings. The molecule has 6 nitrogen and oxygen atoms in total. The van der Waals surface area contributed by atoms with Gasteiger partial charge in [-0.1, -0.05) is 24.3 Å².